The van der Waals surface area contributed by atoms with E-state index >= 15 is 0 Å². The Balaban J connectivity index is 0.786. The molecule has 0 radical (unpaired) electrons. The zero-order valence-corrected chi connectivity index (χ0v) is 87.4. The first-order valence-corrected chi connectivity index (χ1v) is 56.2. The Bertz CT molecular complexity index is 6020. The van der Waals surface area contributed by atoms with E-state index in [0.29, 0.717) is 0 Å². The molecule has 0 unspecified atom stereocenters. The lowest BCUT2D eigenvalue weighted by molar-refractivity contribution is 0.657. The second-order valence-electron chi connectivity index (χ2n) is 42.2. The standard InChI is InChI=1S/C138H156N6/c1-7-13-19-25-49-121-133-103-67-55-97(56-68-103)85-139-91-115-43-31-37-109-79-111-40-34-46-118(129(111)82-127(109)115)94-142-88-100-61-73-106(74-62-100)136-124(52-28-22-16-10-4)137-107-75-63-101(64-76-107)89-143-95-119-47-35-41-112-80-110-38-32-44-116(128(110)83-130(112)119)92-140-86-98-57-69-104(70-58-98)134(121)123(51-27-21-15-9-3)135(122(133)50-26-20-14-8-2)105-71-59-99(60-72-105)87-141-93-117-45-33-39-113-81-114-42-36-48-120(132(114)84-131(113)117)96-144-90-102-65-77-108(78-66-102)138(125(136)53-29-23-17-11-5)126(137)54-30-24-18-12-6/h31-48,55-84,139-144H,7-30,49-54,85-96H2,1-6H3. The molecule has 144 heavy (non-hydrogen) atoms. The summed E-state index contributed by atoms with van der Waals surface area (Å²) in [7, 11) is 0. The molecule has 738 valence electrons. The molecule has 0 aliphatic carbocycles. The molecule has 6 heteroatoms. The zero-order chi connectivity index (χ0) is 98.1. The first-order chi connectivity index (χ1) is 71.2. The van der Waals surface area contributed by atoms with Gasteiger partial charge in [-0.15, -0.1) is 0 Å². The van der Waals surface area contributed by atoms with Crippen LogP contribution >= 0.6 is 0 Å². The van der Waals surface area contributed by atoms with Crippen molar-refractivity contribution in [3.05, 3.63) is 391 Å². The average molecular weight is 1900 g/mol. The minimum absolute atomic E-state index is 0.759. The van der Waals surface area contributed by atoms with Crippen LogP contribution in [0.15, 0.2) is 291 Å². The fourth-order valence-corrected chi connectivity index (χ4v) is 24.1. The molecular formula is C138H156N6. The van der Waals surface area contributed by atoms with Crippen LogP contribution in [0.4, 0.5) is 0 Å². The molecule has 6 nitrogen and oxygen atoms in total. The van der Waals surface area contributed by atoms with Crippen molar-refractivity contribution < 1.29 is 0 Å². The predicted molar refractivity (Wildman–Crippen MR) is 620 cm³/mol. The van der Waals surface area contributed by atoms with Crippen LogP contribution in [0, 0.1) is 0 Å². The van der Waals surface area contributed by atoms with Crippen molar-refractivity contribution in [1.29, 1.82) is 0 Å². The zero-order valence-electron chi connectivity index (χ0n) is 87.4. The first-order valence-electron chi connectivity index (χ1n) is 56.2. The van der Waals surface area contributed by atoms with Gasteiger partial charge < -0.3 is 31.9 Å². The van der Waals surface area contributed by atoms with E-state index in [4.69, 9.17) is 0 Å². The first kappa shape index (κ1) is 101. The number of hydrogen-bond acceptors (Lipinski definition) is 6. The Labute approximate surface area is 861 Å². The summed E-state index contributed by atoms with van der Waals surface area (Å²) in [5.41, 5.74) is 41.9. The van der Waals surface area contributed by atoms with Crippen molar-refractivity contribution in [3.63, 3.8) is 0 Å². The molecule has 0 fully saturated rings. The number of benzene rings is 17. The summed E-state index contributed by atoms with van der Waals surface area (Å²) < 4.78 is 0. The lowest BCUT2D eigenvalue weighted by atomic mass is 9.75. The summed E-state index contributed by atoms with van der Waals surface area (Å²) in [4.78, 5) is 0. The van der Waals surface area contributed by atoms with E-state index in [1.54, 1.807) is 33.4 Å². The molecule has 21 heterocycles. The van der Waals surface area contributed by atoms with Crippen LogP contribution in [0.5, 0.6) is 0 Å². The molecule has 0 atom stereocenters. The second-order valence-corrected chi connectivity index (χ2v) is 42.2. The van der Waals surface area contributed by atoms with E-state index in [2.05, 4.69) is 365 Å². The summed E-state index contributed by atoms with van der Waals surface area (Å²) >= 11 is 0. The van der Waals surface area contributed by atoms with Gasteiger partial charge in [-0.1, -0.05) is 412 Å². The van der Waals surface area contributed by atoms with Gasteiger partial charge in [-0.05, 0) is 345 Å². The number of rotatable bonds is 30. The fraction of sp³-hybridized carbons (Fsp3) is 0.348. The monoisotopic (exact) mass is 1900 g/mol. The molecule has 0 aromatic heterocycles. The van der Waals surface area contributed by atoms with Gasteiger partial charge in [-0.3, -0.25) is 0 Å². The van der Waals surface area contributed by atoms with Crippen LogP contribution in [-0.4, -0.2) is 0 Å². The maximum absolute atomic E-state index is 4.03. The summed E-state index contributed by atoms with van der Waals surface area (Å²) in [6.45, 7) is 23.3. The van der Waals surface area contributed by atoms with Gasteiger partial charge in [0, 0.05) is 78.5 Å². The molecule has 0 spiro atoms. The largest absolute Gasteiger partial charge is 0.309 e. The molecule has 0 saturated heterocycles. The van der Waals surface area contributed by atoms with E-state index in [-0.39, 0.29) is 0 Å². The number of hydrogen-bond donors (Lipinski definition) is 6. The molecule has 0 amide bonds. The molecule has 24 bridgehead atoms. The van der Waals surface area contributed by atoms with Gasteiger partial charge in [-0.25, -0.2) is 0 Å². The van der Waals surface area contributed by atoms with E-state index in [9.17, 15) is 0 Å². The highest BCUT2D eigenvalue weighted by molar-refractivity contribution is 6.04. The maximum atomic E-state index is 4.03. The summed E-state index contributed by atoms with van der Waals surface area (Å²) in [5.74, 6) is 0. The molecule has 17 aromatic rings. The summed E-state index contributed by atoms with van der Waals surface area (Å²) in [6, 6.07) is 116. The van der Waals surface area contributed by atoms with Crippen LogP contribution in [-0.2, 0) is 117 Å². The third kappa shape index (κ3) is 24.1. The highest BCUT2D eigenvalue weighted by Crippen LogP contribution is 2.51. The quantitative estimate of drug-likeness (QED) is 0.0199. The molecule has 6 N–H and O–H groups in total. The van der Waals surface area contributed by atoms with Gasteiger partial charge in [0.15, 0.2) is 0 Å². The summed E-state index contributed by atoms with van der Waals surface area (Å²) in [6.07, 6.45) is 35.0. The molecular weight excluding hydrogens is 1740 g/mol. The minimum atomic E-state index is 0.759. The highest BCUT2D eigenvalue weighted by atomic mass is 14.9. The van der Waals surface area contributed by atoms with Crippen LogP contribution in [0.2, 0.25) is 0 Å². The molecule has 21 aliphatic rings. The van der Waals surface area contributed by atoms with E-state index in [1.165, 1.54) is 314 Å². The summed E-state index contributed by atoms with van der Waals surface area (Å²) in [5, 5.41) is 39.8. The second kappa shape index (κ2) is 50.2. The SMILES string of the molecule is CCCCCCc1c2c(CCCCCC)c3c(CCCCCC)c1-c1ccc(cc1)CNCc1cccc4cc5cccc(c5cc14)CNCc1ccc(cc1)-c1c(CCCCCC)c(c(CCCCCC)c(c1CCCCCC)-c1ccc(cc1)CNCc1cccc4cc5cccc(c5cc14)CNCc1ccc-3cc1)-c1ccc(cc1)CNCc1cccc3cc4cccc(c4cc13)CNCc1ccc-2cc1. The van der Waals surface area contributed by atoms with Crippen molar-refractivity contribution in [3.8, 4) is 66.8 Å². The van der Waals surface area contributed by atoms with Crippen molar-refractivity contribution in [2.75, 3.05) is 0 Å². The third-order valence-electron chi connectivity index (χ3n) is 31.8. The molecule has 38 rings (SSSR count). The lowest BCUT2D eigenvalue weighted by Gasteiger charge is -2.29. The van der Waals surface area contributed by atoms with Crippen LogP contribution in [0.3, 0.4) is 0 Å². The normalized spacial score (nSPS) is 13.5. The molecule has 0 saturated carbocycles. The highest BCUT2D eigenvalue weighted by Gasteiger charge is 2.30. The topological polar surface area (TPSA) is 72.2 Å². The molecule has 21 aliphatic heterocycles. The number of nitrogens with one attached hydrogen (secondary N) is 6. The predicted octanol–water partition coefficient (Wildman–Crippen LogP) is 35.7. The van der Waals surface area contributed by atoms with Gasteiger partial charge in [0.05, 0.1) is 0 Å². The molecule has 17 aromatic carbocycles. The van der Waals surface area contributed by atoms with Gasteiger partial charge in [0.2, 0.25) is 0 Å². The Morgan fingerprint density at radius 3 is 0.451 bits per heavy atom. The van der Waals surface area contributed by atoms with Gasteiger partial charge in [-0.2, -0.15) is 0 Å². The van der Waals surface area contributed by atoms with Gasteiger partial charge in [0.1, 0.15) is 0 Å². The minimum Gasteiger partial charge on any atom is -0.309 e. The fourth-order valence-electron chi connectivity index (χ4n) is 24.1. The van der Waals surface area contributed by atoms with Gasteiger partial charge in [0.25, 0.3) is 0 Å². The van der Waals surface area contributed by atoms with E-state index in [0.717, 1.165) is 156 Å². The lowest BCUT2D eigenvalue weighted by Crippen LogP contribution is -2.14. The Morgan fingerprint density at radius 1 is 0.153 bits per heavy atom. The van der Waals surface area contributed by atoms with Crippen molar-refractivity contribution >= 4 is 64.6 Å². The Hall–Kier alpha value is -11.9. The third-order valence-corrected chi connectivity index (χ3v) is 31.8. The van der Waals surface area contributed by atoms with E-state index < -0.39 is 0 Å². The average Bonchev–Trinajstić information content (AvgIpc) is 0.733. The van der Waals surface area contributed by atoms with Crippen LogP contribution < -0.4 is 31.9 Å². The van der Waals surface area contributed by atoms with E-state index in [1.807, 2.05) is 0 Å². The van der Waals surface area contributed by atoms with Gasteiger partial charge >= 0.3 is 0 Å². The van der Waals surface area contributed by atoms with Crippen molar-refractivity contribution in [1.82, 2.24) is 31.9 Å². The van der Waals surface area contributed by atoms with Crippen molar-refractivity contribution in [2.24, 2.45) is 0 Å². The Kier molecular flexibility index (Phi) is 35.1. The number of unbranched alkanes of at least 4 members (excludes halogenated alkanes) is 18. The smallest absolute Gasteiger partial charge is 0.0214 e. The van der Waals surface area contributed by atoms with Crippen LogP contribution in [0.25, 0.3) is 131 Å². The van der Waals surface area contributed by atoms with Crippen LogP contribution in [0.1, 0.15) is 296 Å². The Morgan fingerprint density at radius 2 is 0.306 bits per heavy atom. The van der Waals surface area contributed by atoms with Crippen molar-refractivity contribution in [2.45, 2.75) is 313 Å². The maximum Gasteiger partial charge on any atom is 0.0214 e.